The zero-order valence-electron chi connectivity index (χ0n) is 10.6. The molecule has 0 spiro atoms. The largest absolute Gasteiger partial charge is 0.471 e. The molecule has 5 heteroatoms. The average Bonchev–Trinajstić information content (AvgIpc) is 2.88. The minimum Gasteiger partial charge on any atom is -0.471 e. The van der Waals surface area contributed by atoms with Gasteiger partial charge in [-0.2, -0.15) is 0 Å². The van der Waals surface area contributed by atoms with Gasteiger partial charge in [0.2, 0.25) is 5.88 Å². The highest BCUT2D eigenvalue weighted by atomic mass is 32.1. The summed E-state index contributed by atoms with van der Waals surface area (Å²) in [5, 5.41) is 5.33. The van der Waals surface area contributed by atoms with E-state index in [-0.39, 0.29) is 0 Å². The molecule has 0 bridgehead atoms. The molecular weight excluding hydrogens is 246 g/mol. The van der Waals surface area contributed by atoms with Gasteiger partial charge in [-0.05, 0) is 11.4 Å². The molecule has 96 valence electrons. The van der Waals surface area contributed by atoms with Crippen molar-refractivity contribution in [3.63, 3.8) is 0 Å². The fourth-order valence-corrected chi connectivity index (χ4v) is 1.97. The molecule has 0 aromatic carbocycles. The normalized spacial score (nSPS) is 10.8. The lowest BCUT2D eigenvalue weighted by molar-refractivity contribution is 0.295. The van der Waals surface area contributed by atoms with Crippen LogP contribution in [0.2, 0.25) is 0 Å². The van der Waals surface area contributed by atoms with Crippen molar-refractivity contribution in [3.05, 3.63) is 40.5 Å². The number of hydrogen-bond acceptors (Lipinski definition) is 5. The summed E-state index contributed by atoms with van der Waals surface area (Å²) in [7, 11) is 0. The molecule has 2 aromatic heterocycles. The molecule has 0 aliphatic heterocycles. The van der Waals surface area contributed by atoms with Crippen LogP contribution in [0.1, 0.15) is 24.4 Å². The van der Waals surface area contributed by atoms with Crippen LogP contribution in [-0.2, 0) is 13.2 Å². The topological polar surface area (TPSA) is 47.0 Å². The van der Waals surface area contributed by atoms with Crippen LogP contribution < -0.4 is 10.1 Å². The Morgan fingerprint density at radius 2 is 2.22 bits per heavy atom. The maximum absolute atomic E-state index is 5.55. The van der Waals surface area contributed by atoms with Gasteiger partial charge in [-0.25, -0.2) is 4.98 Å². The van der Waals surface area contributed by atoms with Crippen molar-refractivity contribution in [1.29, 1.82) is 0 Å². The Morgan fingerprint density at radius 3 is 2.83 bits per heavy atom. The Hall–Kier alpha value is -1.46. The second kappa shape index (κ2) is 6.47. The second-order valence-electron chi connectivity index (χ2n) is 4.25. The first-order valence-electron chi connectivity index (χ1n) is 5.93. The molecule has 0 aliphatic rings. The fraction of sp³-hybridized carbons (Fsp3) is 0.385. The predicted molar refractivity (Wildman–Crippen MR) is 72.7 cm³/mol. The van der Waals surface area contributed by atoms with Gasteiger partial charge in [-0.1, -0.05) is 19.9 Å². The van der Waals surface area contributed by atoms with E-state index in [2.05, 4.69) is 29.1 Å². The van der Waals surface area contributed by atoms with Gasteiger partial charge in [0.25, 0.3) is 0 Å². The molecule has 18 heavy (non-hydrogen) atoms. The monoisotopic (exact) mass is 263 g/mol. The van der Waals surface area contributed by atoms with Gasteiger partial charge in [-0.15, -0.1) is 11.3 Å². The first kappa shape index (κ1) is 13.0. The van der Waals surface area contributed by atoms with Gasteiger partial charge in [0.05, 0.1) is 18.1 Å². The lowest BCUT2D eigenvalue weighted by Gasteiger charge is -2.07. The van der Waals surface area contributed by atoms with E-state index in [4.69, 9.17) is 4.74 Å². The lowest BCUT2D eigenvalue weighted by Crippen LogP contribution is -2.22. The quantitative estimate of drug-likeness (QED) is 0.870. The van der Waals surface area contributed by atoms with E-state index in [1.54, 1.807) is 23.7 Å². The molecule has 0 fully saturated rings. The first-order valence-corrected chi connectivity index (χ1v) is 6.81. The maximum Gasteiger partial charge on any atom is 0.232 e. The molecule has 2 heterocycles. The number of ether oxygens (including phenoxy) is 1. The molecule has 0 saturated heterocycles. The Labute approximate surface area is 111 Å². The van der Waals surface area contributed by atoms with Crippen molar-refractivity contribution >= 4 is 11.3 Å². The van der Waals surface area contributed by atoms with Gasteiger partial charge in [0.1, 0.15) is 6.61 Å². The highest BCUT2D eigenvalue weighted by Gasteiger charge is 2.01. The molecule has 1 N–H and O–H groups in total. The smallest absolute Gasteiger partial charge is 0.232 e. The summed E-state index contributed by atoms with van der Waals surface area (Å²) in [5.41, 5.74) is 0.923. The summed E-state index contributed by atoms with van der Waals surface area (Å²) < 4.78 is 5.55. The van der Waals surface area contributed by atoms with Crippen LogP contribution in [-0.4, -0.2) is 16.0 Å². The molecule has 0 radical (unpaired) electrons. The molecule has 0 aliphatic carbocycles. The number of nitrogens with one attached hydrogen (secondary N) is 1. The van der Waals surface area contributed by atoms with E-state index in [1.165, 1.54) is 4.88 Å². The highest BCUT2D eigenvalue weighted by molar-refractivity contribution is 7.09. The lowest BCUT2D eigenvalue weighted by atomic mass is 10.3. The van der Waals surface area contributed by atoms with E-state index in [1.807, 2.05) is 17.5 Å². The summed E-state index contributed by atoms with van der Waals surface area (Å²) in [5.74, 6) is 0.566. The third-order valence-corrected chi connectivity index (χ3v) is 3.17. The van der Waals surface area contributed by atoms with Gasteiger partial charge in [-0.3, -0.25) is 4.98 Å². The third kappa shape index (κ3) is 4.09. The van der Waals surface area contributed by atoms with Crippen molar-refractivity contribution < 1.29 is 4.74 Å². The van der Waals surface area contributed by atoms with Crippen molar-refractivity contribution in [2.75, 3.05) is 0 Å². The van der Waals surface area contributed by atoms with Crippen molar-refractivity contribution in [3.8, 4) is 5.88 Å². The number of rotatable bonds is 6. The Morgan fingerprint density at radius 1 is 1.33 bits per heavy atom. The molecular formula is C13H17N3OS. The number of aromatic nitrogens is 2. The minimum atomic E-state index is 0.446. The van der Waals surface area contributed by atoms with Crippen molar-refractivity contribution in [2.45, 2.75) is 33.0 Å². The van der Waals surface area contributed by atoms with E-state index in [9.17, 15) is 0 Å². The maximum atomic E-state index is 5.55. The number of nitrogens with zero attached hydrogens (tertiary/aromatic N) is 2. The summed E-state index contributed by atoms with van der Waals surface area (Å²) in [6.07, 6.45) is 3.42. The van der Waals surface area contributed by atoms with Crippen LogP contribution in [0.15, 0.2) is 29.9 Å². The number of hydrogen-bond donors (Lipinski definition) is 1. The zero-order chi connectivity index (χ0) is 12.8. The molecule has 2 rings (SSSR count). The molecule has 4 nitrogen and oxygen atoms in total. The molecule has 0 unspecified atom stereocenters. The molecule has 2 aromatic rings. The van der Waals surface area contributed by atoms with Gasteiger partial charge in [0, 0.05) is 17.5 Å². The molecule has 0 atom stereocenters. The van der Waals surface area contributed by atoms with E-state index >= 15 is 0 Å². The summed E-state index contributed by atoms with van der Waals surface area (Å²) in [6, 6.07) is 4.50. The van der Waals surface area contributed by atoms with Crippen LogP contribution >= 0.6 is 11.3 Å². The fourth-order valence-electron chi connectivity index (χ4n) is 1.36. The van der Waals surface area contributed by atoms with E-state index in [0.29, 0.717) is 18.5 Å². The van der Waals surface area contributed by atoms with Crippen molar-refractivity contribution in [2.24, 2.45) is 0 Å². The van der Waals surface area contributed by atoms with Gasteiger partial charge in [0.15, 0.2) is 0 Å². The van der Waals surface area contributed by atoms with Crippen LogP contribution in [0.5, 0.6) is 5.88 Å². The SMILES string of the molecule is CC(C)NCc1cnc(OCc2cccs2)cn1. The standard InChI is InChI=1S/C13H17N3OS/c1-10(2)14-6-11-7-16-13(8-15-11)17-9-12-4-3-5-18-12/h3-5,7-8,10,14H,6,9H2,1-2H3. The Kier molecular flexibility index (Phi) is 4.66. The van der Waals surface area contributed by atoms with Crippen LogP contribution in [0, 0.1) is 0 Å². The molecule has 0 amide bonds. The van der Waals surface area contributed by atoms with Gasteiger partial charge >= 0.3 is 0 Å². The molecule has 0 saturated carbocycles. The average molecular weight is 263 g/mol. The Balaban J connectivity index is 1.83. The summed E-state index contributed by atoms with van der Waals surface area (Å²) in [6.45, 7) is 5.49. The first-order chi connectivity index (χ1) is 8.74. The van der Waals surface area contributed by atoms with E-state index < -0.39 is 0 Å². The van der Waals surface area contributed by atoms with Gasteiger partial charge < -0.3 is 10.1 Å². The summed E-state index contributed by atoms with van der Waals surface area (Å²) >= 11 is 1.67. The predicted octanol–water partition coefficient (Wildman–Crippen LogP) is 2.62. The van der Waals surface area contributed by atoms with E-state index in [0.717, 1.165) is 12.2 Å². The summed E-state index contributed by atoms with van der Waals surface area (Å²) in [4.78, 5) is 9.72. The Bertz CT molecular complexity index is 454. The zero-order valence-corrected chi connectivity index (χ0v) is 11.4. The number of thiophene rings is 1. The highest BCUT2D eigenvalue weighted by Crippen LogP contribution is 2.12. The third-order valence-electron chi connectivity index (χ3n) is 2.32. The van der Waals surface area contributed by atoms with Crippen molar-refractivity contribution in [1.82, 2.24) is 15.3 Å². The second-order valence-corrected chi connectivity index (χ2v) is 5.28. The van der Waals surface area contributed by atoms with Crippen LogP contribution in [0.25, 0.3) is 0 Å². The minimum absolute atomic E-state index is 0.446. The van der Waals surface area contributed by atoms with Crippen LogP contribution in [0.3, 0.4) is 0 Å². The van der Waals surface area contributed by atoms with Crippen LogP contribution in [0.4, 0.5) is 0 Å².